The van der Waals surface area contributed by atoms with E-state index in [0.717, 1.165) is 50.5 Å². The molecule has 1 N–H and O–H groups in total. The van der Waals surface area contributed by atoms with Crippen LogP contribution in [0.2, 0.25) is 0 Å². The van der Waals surface area contributed by atoms with Crippen molar-refractivity contribution >= 4 is 45.4 Å². The van der Waals surface area contributed by atoms with Crippen molar-refractivity contribution < 1.29 is 19.5 Å². The Labute approximate surface area is 270 Å². The number of carbonyl (C=O) groups is 3. The van der Waals surface area contributed by atoms with Gasteiger partial charge in [0.2, 0.25) is 17.7 Å². The number of thioether (sulfide) groups is 1. The monoisotopic (exact) mass is 673 g/mol. The molecule has 4 rings (SSSR count). The number of fused-ring (bicyclic) bond motifs is 1. The number of aliphatic hydroxyl groups is 1. The molecule has 0 aromatic heterocycles. The van der Waals surface area contributed by atoms with Crippen LogP contribution >= 0.6 is 27.7 Å². The zero-order chi connectivity index (χ0) is 31.0. The lowest BCUT2D eigenvalue weighted by Gasteiger charge is -2.38. The average Bonchev–Trinajstić information content (AvgIpc) is 3.59. The summed E-state index contributed by atoms with van der Waals surface area (Å²) < 4.78 is -0.658. The number of hydrogen-bond acceptors (Lipinski definition) is 5. The molecule has 1 aromatic rings. The molecule has 0 radical (unpaired) electrons. The van der Waals surface area contributed by atoms with Crippen LogP contribution in [0.15, 0.2) is 55.6 Å². The van der Waals surface area contributed by atoms with E-state index in [2.05, 4.69) is 36.0 Å². The van der Waals surface area contributed by atoms with Gasteiger partial charge in [0, 0.05) is 49.4 Å². The minimum atomic E-state index is -0.658. The smallest absolute Gasteiger partial charge is 0.247 e. The first-order valence-electron chi connectivity index (χ1n) is 15.9. The Bertz CT molecular complexity index is 1140. The summed E-state index contributed by atoms with van der Waals surface area (Å²) in [7, 11) is 0. The third kappa shape index (κ3) is 7.09. The van der Waals surface area contributed by atoms with Gasteiger partial charge in [-0.1, -0.05) is 91.0 Å². The van der Waals surface area contributed by atoms with Crippen molar-refractivity contribution in [3.8, 4) is 0 Å². The number of amides is 3. The molecule has 3 amide bonds. The van der Waals surface area contributed by atoms with Gasteiger partial charge in [-0.3, -0.25) is 14.4 Å². The number of likely N-dealkylation sites (tertiary alicyclic amines) is 1. The molecule has 2 bridgehead atoms. The van der Waals surface area contributed by atoms with Crippen molar-refractivity contribution in [3.63, 3.8) is 0 Å². The molecule has 3 aliphatic rings. The van der Waals surface area contributed by atoms with Crippen LogP contribution in [-0.4, -0.2) is 91.2 Å². The number of rotatable bonds is 18. The molecule has 0 saturated carbocycles. The van der Waals surface area contributed by atoms with Crippen molar-refractivity contribution in [3.05, 3.63) is 61.2 Å². The predicted molar refractivity (Wildman–Crippen MR) is 178 cm³/mol. The van der Waals surface area contributed by atoms with Gasteiger partial charge in [-0.05, 0) is 31.2 Å². The summed E-state index contributed by atoms with van der Waals surface area (Å²) in [4.78, 5) is 49.0. The fraction of sp³-hybridized carbons (Fsp3) is 0.618. The molecule has 1 spiro atoms. The highest BCUT2D eigenvalue weighted by Gasteiger charge is 2.75. The topological polar surface area (TPSA) is 81.2 Å². The average molecular weight is 675 g/mol. The number of unbranched alkanes of at least 4 members (excludes halogenated alkanes) is 5. The first kappa shape index (κ1) is 33.8. The molecule has 1 aromatic carbocycles. The molecule has 7 nitrogen and oxygen atoms in total. The SMILES string of the molecule is C=CCN(CCCCC)C(=O)C1N(CCCCCCO)C(=O)[C@@H]2[C@H](C(=O)N(CC=C)Cc3ccccc3)[C@H]3SC12CC3Br. The highest BCUT2D eigenvalue weighted by atomic mass is 79.9. The van der Waals surface area contributed by atoms with Crippen LogP contribution in [0, 0.1) is 11.8 Å². The molecule has 3 unspecified atom stereocenters. The van der Waals surface area contributed by atoms with Gasteiger partial charge in [-0.25, -0.2) is 0 Å². The maximum Gasteiger partial charge on any atom is 0.247 e. The van der Waals surface area contributed by atoms with E-state index < -0.39 is 22.6 Å². The lowest BCUT2D eigenvalue weighted by Crippen LogP contribution is -2.56. The molecule has 0 aliphatic carbocycles. The van der Waals surface area contributed by atoms with Crippen LogP contribution < -0.4 is 0 Å². The Balaban J connectivity index is 1.68. The molecular weight excluding hydrogens is 626 g/mol. The van der Waals surface area contributed by atoms with Gasteiger partial charge in [0.25, 0.3) is 0 Å². The number of alkyl halides is 1. The second kappa shape index (κ2) is 15.8. The second-order valence-electron chi connectivity index (χ2n) is 12.1. The van der Waals surface area contributed by atoms with E-state index in [0.29, 0.717) is 39.1 Å². The summed E-state index contributed by atoms with van der Waals surface area (Å²) >= 11 is 5.60. The van der Waals surface area contributed by atoms with Gasteiger partial charge < -0.3 is 19.8 Å². The summed E-state index contributed by atoms with van der Waals surface area (Å²) in [5.74, 6) is -1.16. The lowest BCUT2D eigenvalue weighted by atomic mass is 9.70. The summed E-state index contributed by atoms with van der Waals surface area (Å²) in [5, 5.41) is 9.14. The molecule has 3 fully saturated rings. The maximum atomic E-state index is 14.5. The molecule has 236 valence electrons. The van der Waals surface area contributed by atoms with E-state index in [1.807, 2.05) is 45.0 Å². The maximum absolute atomic E-state index is 14.5. The highest BCUT2D eigenvalue weighted by Crippen LogP contribution is 2.68. The van der Waals surface area contributed by atoms with Crippen LogP contribution in [-0.2, 0) is 20.9 Å². The third-order valence-corrected chi connectivity index (χ3v) is 12.4. The van der Waals surface area contributed by atoms with E-state index >= 15 is 0 Å². The van der Waals surface area contributed by atoms with Gasteiger partial charge in [0.15, 0.2) is 0 Å². The van der Waals surface area contributed by atoms with E-state index in [4.69, 9.17) is 0 Å². The van der Waals surface area contributed by atoms with Gasteiger partial charge >= 0.3 is 0 Å². The third-order valence-electron chi connectivity index (χ3n) is 9.19. The number of benzene rings is 1. The largest absolute Gasteiger partial charge is 0.396 e. The summed E-state index contributed by atoms with van der Waals surface area (Å²) in [6.07, 6.45) is 10.4. The van der Waals surface area contributed by atoms with Gasteiger partial charge in [-0.15, -0.1) is 24.9 Å². The fourth-order valence-electron chi connectivity index (χ4n) is 7.25. The van der Waals surface area contributed by atoms with Crippen molar-refractivity contribution in [1.82, 2.24) is 14.7 Å². The van der Waals surface area contributed by atoms with E-state index in [9.17, 15) is 19.5 Å². The van der Waals surface area contributed by atoms with Crippen LogP contribution in [0.25, 0.3) is 0 Å². The standard InChI is InChI=1S/C34H48BrN3O4S/c1-4-7-13-20-36(18-5-2)33(42)30-34-23-26(35)29(43-34)27(28(34)32(41)38(30)21-14-8-9-15-22-39)31(40)37(19-6-3)24-25-16-11-10-12-17-25/h5-6,10-12,16-17,26-30,39H,2-4,7-9,13-15,18-24H2,1H3/t26?,27-,28-,29-,30?,34?/m0/s1. The normalized spacial score (nSPS) is 27.3. The Hall–Kier alpha value is -2.10. The number of halogens is 1. The first-order chi connectivity index (χ1) is 20.8. The summed E-state index contributed by atoms with van der Waals surface area (Å²) in [5.41, 5.74) is 1.03. The Morgan fingerprint density at radius 3 is 2.42 bits per heavy atom. The summed E-state index contributed by atoms with van der Waals surface area (Å²) in [6.45, 7) is 12.5. The van der Waals surface area contributed by atoms with Crippen molar-refractivity contribution in [2.24, 2.45) is 11.8 Å². The van der Waals surface area contributed by atoms with Crippen LogP contribution in [0.4, 0.5) is 0 Å². The van der Waals surface area contributed by atoms with Crippen LogP contribution in [0.1, 0.15) is 63.9 Å². The first-order valence-corrected chi connectivity index (χ1v) is 17.7. The van der Waals surface area contributed by atoms with Crippen LogP contribution in [0.5, 0.6) is 0 Å². The van der Waals surface area contributed by atoms with E-state index in [-0.39, 0.29) is 34.4 Å². The fourth-order valence-corrected chi connectivity index (χ4v) is 10.9. The lowest BCUT2D eigenvalue weighted by molar-refractivity contribution is -0.145. The number of nitrogens with zero attached hydrogens (tertiary/aromatic N) is 3. The molecule has 3 saturated heterocycles. The summed E-state index contributed by atoms with van der Waals surface area (Å²) in [6, 6.07) is 9.29. The van der Waals surface area contributed by atoms with Gasteiger partial charge in [0.1, 0.15) is 6.04 Å². The quantitative estimate of drug-likeness (QED) is 0.128. The zero-order valence-electron chi connectivity index (χ0n) is 25.5. The number of hydrogen-bond donors (Lipinski definition) is 1. The second-order valence-corrected chi connectivity index (χ2v) is 14.8. The minimum Gasteiger partial charge on any atom is -0.396 e. The predicted octanol–water partition coefficient (Wildman–Crippen LogP) is 5.42. The van der Waals surface area contributed by atoms with Crippen molar-refractivity contribution in [2.75, 3.05) is 32.8 Å². The van der Waals surface area contributed by atoms with Crippen LogP contribution in [0.3, 0.4) is 0 Å². The molecule has 43 heavy (non-hydrogen) atoms. The van der Waals surface area contributed by atoms with Gasteiger partial charge in [0.05, 0.1) is 16.6 Å². The molecular formula is C34H48BrN3O4S. The Morgan fingerprint density at radius 2 is 1.74 bits per heavy atom. The molecule has 3 heterocycles. The Kier molecular flexibility index (Phi) is 12.4. The number of aliphatic hydroxyl groups excluding tert-OH is 1. The number of carbonyl (C=O) groups excluding carboxylic acids is 3. The zero-order valence-corrected chi connectivity index (χ0v) is 27.9. The molecule has 3 aliphatic heterocycles. The minimum absolute atomic E-state index is 0.0182. The highest BCUT2D eigenvalue weighted by molar-refractivity contribution is 9.09. The molecule has 6 atom stereocenters. The van der Waals surface area contributed by atoms with Crippen molar-refractivity contribution in [2.45, 2.75) is 85.7 Å². The van der Waals surface area contributed by atoms with Crippen molar-refractivity contribution in [1.29, 1.82) is 0 Å². The van der Waals surface area contributed by atoms with Gasteiger partial charge in [-0.2, -0.15) is 0 Å². The van der Waals surface area contributed by atoms with E-state index in [1.54, 1.807) is 23.9 Å². The Morgan fingerprint density at radius 1 is 1.05 bits per heavy atom. The molecule has 9 heteroatoms. The van der Waals surface area contributed by atoms with E-state index in [1.165, 1.54) is 0 Å².